The minimum Gasteiger partial charge on any atom is -0.484 e. The average Bonchev–Trinajstić information content (AvgIpc) is 2.63. The number of aryl methyl sites for hydroxylation is 1. The summed E-state index contributed by atoms with van der Waals surface area (Å²) in [6.45, 7) is 2.86. The quantitative estimate of drug-likeness (QED) is 0.680. The fourth-order valence-electron chi connectivity index (χ4n) is 3.68. The predicted octanol–water partition coefficient (Wildman–Crippen LogP) is 2.02. The van der Waals surface area contributed by atoms with Crippen molar-refractivity contribution >= 4 is 26.7 Å². The molecular weight excluding hydrogens is 382 g/mol. The molecule has 1 fully saturated rings. The number of piperidine rings is 1. The van der Waals surface area contributed by atoms with Gasteiger partial charge in [-0.2, -0.15) is 0 Å². The molecule has 0 spiro atoms. The molecule has 1 unspecified atom stereocenters. The van der Waals surface area contributed by atoms with Gasteiger partial charge >= 0.3 is 5.63 Å². The number of fused-ring (bicyclic) bond motifs is 1. The number of rotatable bonds is 6. The van der Waals surface area contributed by atoms with Crippen molar-refractivity contribution in [2.24, 2.45) is 5.92 Å². The van der Waals surface area contributed by atoms with Gasteiger partial charge in [0.15, 0.2) is 6.61 Å². The van der Waals surface area contributed by atoms with Gasteiger partial charge in [0.05, 0.1) is 5.75 Å². The third-order valence-corrected chi connectivity index (χ3v) is 6.03. The monoisotopic (exact) mass is 407 g/mol. The van der Waals surface area contributed by atoms with Crippen molar-refractivity contribution in [2.75, 3.05) is 31.7 Å². The Bertz CT molecular complexity index is 1030. The van der Waals surface area contributed by atoms with Crippen molar-refractivity contribution in [3.63, 3.8) is 0 Å². The van der Waals surface area contributed by atoms with Crippen LogP contribution < -0.4 is 10.4 Å². The van der Waals surface area contributed by atoms with E-state index in [4.69, 9.17) is 9.15 Å². The smallest absolute Gasteiger partial charge is 0.336 e. The van der Waals surface area contributed by atoms with Crippen molar-refractivity contribution in [1.82, 2.24) is 4.90 Å². The number of hydrogen-bond acceptors (Lipinski definition) is 6. The number of amides is 1. The Morgan fingerprint density at radius 3 is 2.82 bits per heavy atom. The number of ether oxygens (including phenoxy) is 1. The highest BCUT2D eigenvalue weighted by molar-refractivity contribution is 7.90. The van der Waals surface area contributed by atoms with Crippen LogP contribution in [0.4, 0.5) is 0 Å². The lowest BCUT2D eigenvalue weighted by Crippen LogP contribution is -2.43. The van der Waals surface area contributed by atoms with Crippen molar-refractivity contribution in [3.05, 3.63) is 40.2 Å². The first-order chi connectivity index (χ1) is 13.2. The maximum absolute atomic E-state index is 12.5. The average molecular weight is 407 g/mol. The molecule has 1 aromatic carbocycles. The predicted molar refractivity (Wildman–Crippen MR) is 106 cm³/mol. The zero-order valence-electron chi connectivity index (χ0n) is 16.1. The van der Waals surface area contributed by atoms with Gasteiger partial charge in [0.25, 0.3) is 5.91 Å². The summed E-state index contributed by atoms with van der Waals surface area (Å²) in [5, 5.41) is 0.848. The molecule has 0 aliphatic carbocycles. The van der Waals surface area contributed by atoms with Crippen LogP contribution >= 0.6 is 0 Å². The highest BCUT2D eigenvalue weighted by atomic mass is 32.2. The topological polar surface area (TPSA) is 93.9 Å². The molecule has 152 valence electrons. The molecule has 1 aromatic heterocycles. The van der Waals surface area contributed by atoms with Gasteiger partial charge in [-0.15, -0.1) is 0 Å². The first kappa shape index (κ1) is 20.4. The molecule has 2 aromatic rings. The van der Waals surface area contributed by atoms with Crippen LogP contribution in [0.1, 0.15) is 25.3 Å². The highest BCUT2D eigenvalue weighted by Gasteiger charge is 2.26. The van der Waals surface area contributed by atoms with Crippen molar-refractivity contribution in [1.29, 1.82) is 0 Å². The first-order valence-electron chi connectivity index (χ1n) is 9.40. The van der Waals surface area contributed by atoms with Crippen LogP contribution in [0.15, 0.2) is 33.5 Å². The molecule has 1 atom stereocenters. The summed E-state index contributed by atoms with van der Waals surface area (Å²) in [6.07, 6.45) is 3.53. The lowest BCUT2D eigenvalue weighted by molar-refractivity contribution is -0.135. The van der Waals surface area contributed by atoms with E-state index in [9.17, 15) is 18.0 Å². The van der Waals surface area contributed by atoms with E-state index < -0.39 is 15.5 Å². The maximum atomic E-state index is 12.5. The molecule has 1 aliphatic heterocycles. The Kier molecular flexibility index (Phi) is 6.07. The van der Waals surface area contributed by atoms with Crippen LogP contribution in [-0.4, -0.2) is 50.9 Å². The second-order valence-electron chi connectivity index (χ2n) is 7.33. The number of carbonyl (C=O) groups is 1. The molecule has 7 nitrogen and oxygen atoms in total. The standard InChI is InChI=1S/C20H25NO6S/c1-3-15-9-20(23)27-18-10-16(6-7-17(15)18)26-12-19(22)21-8-4-5-14(11-21)13-28(2,24)25/h6-7,9-10,14H,3-5,8,11-13H2,1-2H3. The van der Waals surface area contributed by atoms with E-state index in [-0.39, 0.29) is 24.2 Å². The van der Waals surface area contributed by atoms with Crippen LogP contribution in [0.25, 0.3) is 11.0 Å². The van der Waals surface area contributed by atoms with Gasteiger partial charge in [-0.05, 0) is 42.9 Å². The molecular formula is C20H25NO6S. The van der Waals surface area contributed by atoms with Crippen molar-refractivity contribution in [3.8, 4) is 5.75 Å². The first-order valence-corrected chi connectivity index (χ1v) is 11.5. The number of sulfone groups is 1. The molecule has 8 heteroatoms. The number of likely N-dealkylation sites (tertiary alicyclic amines) is 1. The molecule has 0 saturated carbocycles. The van der Waals surface area contributed by atoms with Crippen LogP contribution in [0.2, 0.25) is 0 Å². The minimum atomic E-state index is -3.06. The van der Waals surface area contributed by atoms with Gasteiger partial charge in [-0.3, -0.25) is 4.79 Å². The minimum absolute atomic E-state index is 0.0323. The number of benzene rings is 1. The van der Waals surface area contributed by atoms with Crippen LogP contribution in [0.5, 0.6) is 5.75 Å². The molecule has 0 radical (unpaired) electrons. The van der Waals surface area contributed by atoms with Gasteiger partial charge in [-0.1, -0.05) is 6.92 Å². The third kappa shape index (κ3) is 5.13. The highest BCUT2D eigenvalue weighted by Crippen LogP contribution is 2.23. The van der Waals surface area contributed by atoms with Crippen LogP contribution in [-0.2, 0) is 21.1 Å². The summed E-state index contributed by atoms with van der Waals surface area (Å²) in [4.78, 5) is 25.8. The molecule has 28 heavy (non-hydrogen) atoms. The molecule has 3 rings (SSSR count). The zero-order chi connectivity index (χ0) is 20.3. The summed E-state index contributed by atoms with van der Waals surface area (Å²) < 4.78 is 33.9. The summed E-state index contributed by atoms with van der Waals surface area (Å²) in [6, 6.07) is 6.67. The Morgan fingerprint density at radius 2 is 2.11 bits per heavy atom. The molecule has 0 bridgehead atoms. The molecule has 0 N–H and O–H groups in total. The Labute approximate surface area is 164 Å². The Morgan fingerprint density at radius 1 is 1.32 bits per heavy atom. The van der Waals surface area contributed by atoms with Gasteiger partial charge in [0.1, 0.15) is 21.2 Å². The van der Waals surface area contributed by atoms with E-state index in [0.29, 0.717) is 30.8 Å². The van der Waals surface area contributed by atoms with Crippen molar-refractivity contribution in [2.45, 2.75) is 26.2 Å². The van der Waals surface area contributed by atoms with E-state index in [2.05, 4.69) is 0 Å². The Hall–Kier alpha value is -2.35. The van der Waals surface area contributed by atoms with E-state index in [1.165, 1.54) is 12.3 Å². The summed E-state index contributed by atoms with van der Waals surface area (Å²) in [5.41, 5.74) is 0.919. The summed E-state index contributed by atoms with van der Waals surface area (Å²) in [5.74, 6) is 0.334. The number of hydrogen-bond donors (Lipinski definition) is 0. The van der Waals surface area contributed by atoms with E-state index in [1.807, 2.05) is 13.0 Å². The fraction of sp³-hybridized carbons (Fsp3) is 0.500. The van der Waals surface area contributed by atoms with Crippen LogP contribution in [0.3, 0.4) is 0 Å². The lowest BCUT2D eigenvalue weighted by atomic mass is 10.00. The van der Waals surface area contributed by atoms with E-state index in [1.54, 1.807) is 17.0 Å². The SMILES string of the molecule is CCc1cc(=O)oc2cc(OCC(=O)N3CCCC(CS(C)(=O)=O)C3)ccc12. The number of nitrogens with zero attached hydrogens (tertiary/aromatic N) is 1. The second kappa shape index (κ2) is 8.34. The largest absolute Gasteiger partial charge is 0.484 e. The van der Waals surface area contributed by atoms with Gasteiger partial charge in [0, 0.05) is 36.9 Å². The van der Waals surface area contributed by atoms with Gasteiger partial charge in [0.2, 0.25) is 0 Å². The zero-order valence-corrected chi connectivity index (χ0v) is 17.0. The van der Waals surface area contributed by atoms with Gasteiger partial charge in [-0.25, -0.2) is 13.2 Å². The molecule has 1 saturated heterocycles. The fourth-order valence-corrected chi connectivity index (χ4v) is 4.81. The van der Waals surface area contributed by atoms with E-state index in [0.717, 1.165) is 23.8 Å². The molecule has 2 heterocycles. The van der Waals surface area contributed by atoms with Gasteiger partial charge < -0.3 is 14.1 Å². The molecule has 1 aliphatic rings. The third-order valence-electron chi connectivity index (χ3n) is 4.96. The summed E-state index contributed by atoms with van der Waals surface area (Å²) in [7, 11) is -3.06. The lowest BCUT2D eigenvalue weighted by Gasteiger charge is -2.32. The van der Waals surface area contributed by atoms with Crippen LogP contribution in [0, 0.1) is 5.92 Å². The maximum Gasteiger partial charge on any atom is 0.336 e. The second-order valence-corrected chi connectivity index (χ2v) is 9.52. The number of carbonyl (C=O) groups excluding carboxylic acids is 1. The van der Waals surface area contributed by atoms with E-state index >= 15 is 0 Å². The molecule has 1 amide bonds. The normalized spacial score (nSPS) is 17.6. The summed E-state index contributed by atoms with van der Waals surface area (Å²) >= 11 is 0. The Balaban J connectivity index is 1.65. The van der Waals surface area contributed by atoms with Crippen molar-refractivity contribution < 1.29 is 22.4 Å².